The minimum absolute atomic E-state index is 0.0231. The molecule has 16 heavy (non-hydrogen) atoms. The van der Waals surface area contributed by atoms with Crippen LogP contribution >= 0.6 is 0 Å². The van der Waals surface area contributed by atoms with E-state index in [9.17, 15) is 4.79 Å². The lowest BCUT2D eigenvalue weighted by Crippen LogP contribution is -2.14. The molecule has 5 nitrogen and oxygen atoms in total. The van der Waals surface area contributed by atoms with Gasteiger partial charge in [0.05, 0.1) is 6.20 Å². The molecule has 0 bridgehead atoms. The number of nitrogens with one attached hydrogen (secondary N) is 1. The zero-order chi connectivity index (χ0) is 11.4. The molecule has 2 rings (SSSR count). The fraction of sp³-hybridized carbons (Fsp3) is 0.0909. The van der Waals surface area contributed by atoms with Crippen LogP contribution < -0.4 is 5.56 Å². The lowest BCUT2D eigenvalue weighted by molar-refractivity contribution is 0.934. The Labute approximate surface area is 91.4 Å². The standard InChI is InChI=1S/C11H8N4O/c12-5-9-7-14-10(15-11(9)16)4-8-2-1-3-13-6-8/h1-3,6-7H,4H2,(H,14,15,16). The molecule has 0 aliphatic rings. The van der Waals surface area contributed by atoms with Gasteiger partial charge in [-0.15, -0.1) is 0 Å². The highest BCUT2D eigenvalue weighted by molar-refractivity contribution is 5.23. The van der Waals surface area contributed by atoms with Crippen molar-refractivity contribution >= 4 is 0 Å². The minimum Gasteiger partial charge on any atom is -0.309 e. The Balaban J connectivity index is 2.28. The van der Waals surface area contributed by atoms with E-state index >= 15 is 0 Å². The topological polar surface area (TPSA) is 82.4 Å². The van der Waals surface area contributed by atoms with Crippen LogP contribution in [-0.4, -0.2) is 15.0 Å². The predicted molar refractivity (Wildman–Crippen MR) is 56.6 cm³/mol. The van der Waals surface area contributed by atoms with Crippen LogP contribution in [0.4, 0.5) is 0 Å². The predicted octanol–water partition coefficient (Wildman–Crippen LogP) is 0.627. The summed E-state index contributed by atoms with van der Waals surface area (Å²) < 4.78 is 0. The number of aromatic amines is 1. The first-order chi connectivity index (χ1) is 7.79. The summed E-state index contributed by atoms with van der Waals surface area (Å²) in [6.45, 7) is 0. The van der Waals surface area contributed by atoms with Gasteiger partial charge in [0.1, 0.15) is 17.5 Å². The molecular weight excluding hydrogens is 204 g/mol. The van der Waals surface area contributed by atoms with Gasteiger partial charge in [-0.2, -0.15) is 5.26 Å². The number of H-pyrrole nitrogens is 1. The van der Waals surface area contributed by atoms with Crippen molar-refractivity contribution in [3.63, 3.8) is 0 Å². The van der Waals surface area contributed by atoms with Crippen LogP contribution in [0.2, 0.25) is 0 Å². The van der Waals surface area contributed by atoms with Gasteiger partial charge in [-0.25, -0.2) is 4.98 Å². The smallest absolute Gasteiger partial charge is 0.268 e. The molecule has 2 heterocycles. The number of hydrogen-bond acceptors (Lipinski definition) is 4. The summed E-state index contributed by atoms with van der Waals surface area (Å²) in [6.07, 6.45) is 5.16. The third kappa shape index (κ3) is 2.12. The Morgan fingerprint density at radius 3 is 2.94 bits per heavy atom. The number of hydrogen-bond donors (Lipinski definition) is 1. The van der Waals surface area contributed by atoms with E-state index in [2.05, 4.69) is 15.0 Å². The Kier molecular flexibility index (Phi) is 2.74. The number of pyridine rings is 1. The molecule has 0 atom stereocenters. The molecule has 0 radical (unpaired) electrons. The summed E-state index contributed by atoms with van der Waals surface area (Å²) in [5.41, 5.74) is 0.571. The van der Waals surface area contributed by atoms with E-state index in [4.69, 9.17) is 5.26 Å². The molecule has 0 amide bonds. The Morgan fingerprint density at radius 1 is 1.44 bits per heavy atom. The van der Waals surface area contributed by atoms with Gasteiger partial charge in [0.2, 0.25) is 0 Å². The monoisotopic (exact) mass is 212 g/mol. The molecule has 5 heteroatoms. The quantitative estimate of drug-likeness (QED) is 0.791. The van der Waals surface area contributed by atoms with Gasteiger partial charge in [-0.1, -0.05) is 6.07 Å². The summed E-state index contributed by atoms with van der Waals surface area (Å²) in [5.74, 6) is 0.525. The first kappa shape index (κ1) is 10.1. The van der Waals surface area contributed by atoms with Crippen molar-refractivity contribution in [2.75, 3.05) is 0 Å². The summed E-state index contributed by atoms with van der Waals surface area (Å²) in [7, 11) is 0. The normalized spacial score (nSPS) is 9.69. The summed E-state index contributed by atoms with van der Waals surface area (Å²) in [6, 6.07) is 5.48. The first-order valence-electron chi connectivity index (χ1n) is 4.67. The molecule has 2 aromatic rings. The molecule has 0 fully saturated rings. The molecule has 0 aliphatic carbocycles. The maximum absolute atomic E-state index is 11.3. The van der Waals surface area contributed by atoms with Crippen LogP contribution in [0.3, 0.4) is 0 Å². The zero-order valence-electron chi connectivity index (χ0n) is 8.34. The highest BCUT2D eigenvalue weighted by Gasteiger charge is 2.02. The van der Waals surface area contributed by atoms with Crippen LogP contribution in [-0.2, 0) is 6.42 Å². The lowest BCUT2D eigenvalue weighted by atomic mass is 10.2. The average Bonchev–Trinajstić information content (AvgIpc) is 2.31. The highest BCUT2D eigenvalue weighted by atomic mass is 16.1. The van der Waals surface area contributed by atoms with Crippen molar-refractivity contribution in [3.8, 4) is 6.07 Å². The summed E-state index contributed by atoms with van der Waals surface area (Å²) >= 11 is 0. The van der Waals surface area contributed by atoms with Crippen molar-refractivity contribution < 1.29 is 0 Å². The summed E-state index contributed by atoms with van der Waals surface area (Å²) in [5, 5.41) is 8.58. The van der Waals surface area contributed by atoms with E-state index in [1.807, 2.05) is 12.1 Å². The van der Waals surface area contributed by atoms with Crippen molar-refractivity contribution in [2.24, 2.45) is 0 Å². The van der Waals surface area contributed by atoms with E-state index in [0.717, 1.165) is 5.56 Å². The van der Waals surface area contributed by atoms with E-state index in [1.165, 1.54) is 6.20 Å². The van der Waals surface area contributed by atoms with Crippen LogP contribution in [0, 0.1) is 11.3 Å². The van der Waals surface area contributed by atoms with E-state index < -0.39 is 5.56 Å². The van der Waals surface area contributed by atoms with Gasteiger partial charge in [0, 0.05) is 18.8 Å². The molecule has 0 unspecified atom stereocenters. The van der Waals surface area contributed by atoms with Gasteiger partial charge < -0.3 is 4.98 Å². The third-order valence-electron chi connectivity index (χ3n) is 2.07. The lowest BCUT2D eigenvalue weighted by Gasteiger charge is -1.99. The third-order valence-corrected chi connectivity index (χ3v) is 2.07. The largest absolute Gasteiger partial charge is 0.309 e. The van der Waals surface area contributed by atoms with Crippen molar-refractivity contribution in [1.29, 1.82) is 5.26 Å². The van der Waals surface area contributed by atoms with Crippen LogP contribution in [0.15, 0.2) is 35.5 Å². The minimum atomic E-state index is -0.406. The van der Waals surface area contributed by atoms with Gasteiger partial charge in [0.25, 0.3) is 5.56 Å². The fourth-order valence-electron chi connectivity index (χ4n) is 1.30. The fourth-order valence-corrected chi connectivity index (χ4v) is 1.30. The van der Waals surface area contributed by atoms with Gasteiger partial charge in [-0.3, -0.25) is 9.78 Å². The van der Waals surface area contributed by atoms with E-state index in [0.29, 0.717) is 12.2 Å². The van der Waals surface area contributed by atoms with Gasteiger partial charge >= 0.3 is 0 Å². The average molecular weight is 212 g/mol. The maximum atomic E-state index is 11.3. The second-order valence-electron chi connectivity index (χ2n) is 3.22. The van der Waals surface area contributed by atoms with E-state index in [1.54, 1.807) is 18.5 Å². The van der Waals surface area contributed by atoms with Crippen LogP contribution in [0.25, 0.3) is 0 Å². The Hall–Kier alpha value is -2.48. The van der Waals surface area contributed by atoms with Crippen molar-refractivity contribution in [3.05, 3.63) is 58.0 Å². The molecule has 1 N–H and O–H groups in total. The number of nitriles is 1. The molecule has 0 spiro atoms. The van der Waals surface area contributed by atoms with Crippen molar-refractivity contribution in [1.82, 2.24) is 15.0 Å². The summed E-state index contributed by atoms with van der Waals surface area (Å²) in [4.78, 5) is 21.9. The Morgan fingerprint density at radius 2 is 2.31 bits per heavy atom. The van der Waals surface area contributed by atoms with Crippen molar-refractivity contribution in [2.45, 2.75) is 6.42 Å². The second kappa shape index (κ2) is 4.36. The molecule has 0 aliphatic heterocycles. The van der Waals surface area contributed by atoms with Crippen LogP contribution in [0.1, 0.15) is 17.0 Å². The number of rotatable bonds is 2. The first-order valence-corrected chi connectivity index (χ1v) is 4.67. The zero-order valence-corrected chi connectivity index (χ0v) is 8.34. The molecule has 2 aromatic heterocycles. The van der Waals surface area contributed by atoms with E-state index in [-0.39, 0.29) is 5.56 Å². The molecule has 0 aromatic carbocycles. The Bertz CT molecular complexity index is 583. The second-order valence-corrected chi connectivity index (χ2v) is 3.22. The molecular formula is C11H8N4O. The van der Waals surface area contributed by atoms with Crippen LogP contribution in [0.5, 0.6) is 0 Å². The maximum Gasteiger partial charge on any atom is 0.268 e. The number of aromatic nitrogens is 3. The highest BCUT2D eigenvalue weighted by Crippen LogP contribution is 2.01. The SMILES string of the molecule is N#Cc1cnc(Cc2cccnc2)[nH]c1=O. The molecule has 0 saturated heterocycles. The van der Waals surface area contributed by atoms with Gasteiger partial charge in [-0.05, 0) is 11.6 Å². The molecule has 78 valence electrons. The molecule has 0 saturated carbocycles. The number of nitrogens with zero attached hydrogens (tertiary/aromatic N) is 3. The van der Waals surface area contributed by atoms with Gasteiger partial charge in [0.15, 0.2) is 0 Å².